The fourth-order valence-electron chi connectivity index (χ4n) is 2.17. The van der Waals surface area contributed by atoms with Gasteiger partial charge in [0.2, 0.25) is 0 Å². The van der Waals surface area contributed by atoms with Crippen LogP contribution in [0.15, 0.2) is 18.2 Å². The van der Waals surface area contributed by atoms with Crippen LogP contribution >= 0.6 is 11.6 Å². The van der Waals surface area contributed by atoms with Gasteiger partial charge in [-0.3, -0.25) is 0 Å². The van der Waals surface area contributed by atoms with Gasteiger partial charge in [-0.25, -0.2) is 9.59 Å². The molecule has 1 atom stereocenters. The van der Waals surface area contributed by atoms with Gasteiger partial charge in [0, 0.05) is 6.42 Å². The fraction of sp³-hybridized carbons (Fsp3) is 0.579. The second-order valence-electron chi connectivity index (χ2n) is 8.25. The molecule has 0 radical (unpaired) electrons. The topological polar surface area (TPSA) is 64.6 Å². The van der Waals surface area contributed by atoms with E-state index in [1.54, 1.807) is 41.5 Å². The zero-order valence-electron chi connectivity index (χ0n) is 16.7. The molecule has 0 heterocycles. The lowest BCUT2D eigenvalue weighted by molar-refractivity contribution is -0.157. The van der Waals surface area contributed by atoms with E-state index in [-0.39, 0.29) is 6.42 Å². The second-order valence-corrected chi connectivity index (χ2v) is 8.66. The van der Waals surface area contributed by atoms with Gasteiger partial charge in [-0.15, -0.1) is 0 Å². The first kappa shape index (κ1) is 24.1. The first-order valence-corrected chi connectivity index (χ1v) is 8.94. The van der Waals surface area contributed by atoms with Crippen molar-refractivity contribution in [3.8, 4) is 0 Å². The van der Waals surface area contributed by atoms with Crippen LogP contribution in [0.4, 0.5) is 18.0 Å². The van der Waals surface area contributed by atoms with E-state index in [1.807, 2.05) is 0 Å². The van der Waals surface area contributed by atoms with Gasteiger partial charge in [-0.2, -0.15) is 13.2 Å². The standard InChI is InChI=1S/C19H25ClF3NO4/c1-17(2,3)27-15(25)14(24-16(26)28-18(4,5)6)10-11-7-8-12(13(20)9-11)19(21,22)23/h7-9,14H,10H2,1-6H3,(H,24,26). The van der Waals surface area contributed by atoms with Crippen LogP contribution in [0.25, 0.3) is 0 Å². The Bertz CT molecular complexity index is 721. The lowest BCUT2D eigenvalue weighted by atomic mass is 10.0. The summed E-state index contributed by atoms with van der Waals surface area (Å²) < 4.78 is 49.0. The van der Waals surface area contributed by atoms with Crippen molar-refractivity contribution in [2.45, 2.75) is 71.4 Å². The van der Waals surface area contributed by atoms with Crippen molar-refractivity contribution >= 4 is 23.7 Å². The summed E-state index contributed by atoms with van der Waals surface area (Å²) in [5, 5.41) is 1.91. The summed E-state index contributed by atoms with van der Waals surface area (Å²) in [7, 11) is 0. The Morgan fingerprint density at radius 1 is 1.04 bits per heavy atom. The van der Waals surface area contributed by atoms with Gasteiger partial charge in [-0.05, 0) is 59.2 Å². The van der Waals surface area contributed by atoms with Gasteiger partial charge in [0.15, 0.2) is 0 Å². The van der Waals surface area contributed by atoms with E-state index < -0.39 is 46.1 Å². The molecular weight excluding hydrogens is 399 g/mol. The predicted octanol–water partition coefficient (Wildman–Crippen LogP) is 5.14. The molecule has 0 fully saturated rings. The minimum atomic E-state index is -4.59. The number of carbonyl (C=O) groups is 2. The molecule has 1 aromatic rings. The monoisotopic (exact) mass is 423 g/mol. The van der Waals surface area contributed by atoms with E-state index in [4.69, 9.17) is 21.1 Å². The summed E-state index contributed by atoms with van der Waals surface area (Å²) in [6.07, 6.45) is -5.55. The number of halogens is 4. The van der Waals surface area contributed by atoms with Gasteiger partial charge in [0.1, 0.15) is 17.2 Å². The summed E-state index contributed by atoms with van der Waals surface area (Å²) in [4.78, 5) is 24.5. The average Bonchev–Trinajstić information content (AvgIpc) is 2.41. The molecule has 0 aliphatic heterocycles. The van der Waals surface area contributed by atoms with Gasteiger partial charge in [0.05, 0.1) is 10.6 Å². The summed E-state index contributed by atoms with van der Waals surface area (Å²) >= 11 is 5.73. The minimum Gasteiger partial charge on any atom is -0.458 e. The molecule has 0 saturated carbocycles. The Morgan fingerprint density at radius 3 is 2.00 bits per heavy atom. The van der Waals surface area contributed by atoms with Crippen molar-refractivity contribution in [3.05, 3.63) is 34.3 Å². The largest absolute Gasteiger partial charge is 0.458 e. The fourth-order valence-corrected chi connectivity index (χ4v) is 2.48. The number of alkyl halides is 3. The molecule has 0 aliphatic carbocycles. The highest BCUT2D eigenvalue weighted by molar-refractivity contribution is 6.31. The third-order valence-corrected chi connectivity index (χ3v) is 3.47. The van der Waals surface area contributed by atoms with E-state index >= 15 is 0 Å². The van der Waals surface area contributed by atoms with Crippen molar-refractivity contribution in [1.82, 2.24) is 5.32 Å². The van der Waals surface area contributed by atoms with Crippen molar-refractivity contribution in [3.63, 3.8) is 0 Å². The van der Waals surface area contributed by atoms with Gasteiger partial charge < -0.3 is 14.8 Å². The Hall–Kier alpha value is -1.96. The molecule has 158 valence electrons. The zero-order chi connectivity index (χ0) is 21.9. The van der Waals surface area contributed by atoms with E-state index in [0.717, 1.165) is 12.1 Å². The molecule has 1 rings (SSSR count). The lowest BCUT2D eigenvalue weighted by Crippen LogP contribution is -2.47. The molecule has 1 aromatic carbocycles. The summed E-state index contributed by atoms with van der Waals surface area (Å²) in [6, 6.07) is 1.97. The zero-order valence-corrected chi connectivity index (χ0v) is 17.4. The maximum atomic E-state index is 12.9. The van der Waals surface area contributed by atoms with Gasteiger partial charge >= 0.3 is 18.2 Å². The molecule has 0 bridgehead atoms. The molecular formula is C19H25ClF3NO4. The number of rotatable bonds is 4. The van der Waals surface area contributed by atoms with E-state index in [2.05, 4.69) is 5.32 Å². The number of benzene rings is 1. The van der Waals surface area contributed by atoms with Crippen LogP contribution in [0, 0.1) is 0 Å². The molecule has 1 amide bonds. The molecule has 0 aliphatic rings. The van der Waals surface area contributed by atoms with Crippen LogP contribution in [0.3, 0.4) is 0 Å². The van der Waals surface area contributed by atoms with Crippen LogP contribution in [0.1, 0.15) is 52.7 Å². The Morgan fingerprint density at radius 2 is 1.57 bits per heavy atom. The van der Waals surface area contributed by atoms with Crippen molar-refractivity contribution in [1.29, 1.82) is 0 Å². The van der Waals surface area contributed by atoms with E-state index in [0.29, 0.717) is 5.56 Å². The molecule has 1 N–H and O–H groups in total. The number of nitrogens with one attached hydrogen (secondary N) is 1. The summed E-state index contributed by atoms with van der Waals surface area (Å²) in [6.45, 7) is 9.94. The Balaban J connectivity index is 3.06. The van der Waals surface area contributed by atoms with Crippen molar-refractivity contribution in [2.75, 3.05) is 0 Å². The first-order chi connectivity index (χ1) is 12.5. The molecule has 0 saturated heterocycles. The number of hydrogen-bond donors (Lipinski definition) is 1. The van der Waals surface area contributed by atoms with Gasteiger partial charge in [0.25, 0.3) is 0 Å². The summed E-state index contributed by atoms with van der Waals surface area (Å²) in [5.41, 5.74) is -2.26. The molecule has 5 nitrogen and oxygen atoms in total. The van der Waals surface area contributed by atoms with Crippen molar-refractivity contribution in [2.24, 2.45) is 0 Å². The highest BCUT2D eigenvalue weighted by atomic mass is 35.5. The van der Waals surface area contributed by atoms with Crippen molar-refractivity contribution < 1.29 is 32.2 Å². The second kappa shape index (κ2) is 8.59. The number of hydrogen-bond acceptors (Lipinski definition) is 4. The maximum Gasteiger partial charge on any atom is 0.417 e. The lowest BCUT2D eigenvalue weighted by Gasteiger charge is -2.26. The van der Waals surface area contributed by atoms with Gasteiger partial charge in [-0.1, -0.05) is 17.7 Å². The Labute approximate surface area is 167 Å². The number of esters is 1. The Kier molecular flexibility index (Phi) is 7.39. The quantitative estimate of drug-likeness (QED) is 0.681. The third-order valence-electron chi connectivity index (χ3n) is 3.16. The van der Waals surface area contributed by atoms with E-state index in [9.17, 15) is 22.8 Å². The van der Waals surface area contributed by atoms with Crippen LogP contribution in [-0.2, 0) is 26.9 Å². The maximum absolute atomic E-state index is 12.9. The highest BCUT2D eigenvalue weighted by Crippen LogP contribution is 2.35. The van der Waals surface area contributed by atoms with Crippen LogP contribution < -0.4 is 5.32 Å². The number of ether oxygens (including phenoxy) is 2. The number of carbonyl (C=O) groups excluding carboxylic acids is 2. The molecule has 0 spiro atoms. The van der Waals surface area contributed by atoms with E-state index in [1.165, 1.54) is 6.07 Å². The number of amides is 1. The average molecular weight is 424 g/mol. The smallest absolute Gasteiger partial charge is 0.417 e. The first-order valence-electron chi connectivity index (χ1n) is 8.56. The van der Waals surface area contributed by atoms with Crippen LogP contribution in [0.5, 0.6) is 0 Å². The normalized spacial score (nSPS) is 13.6. The third kappa shape index (κ3) is 8.37. The molecule has 9 heteroatoms. The summed E-state index contributed by atoms with van der Waals surface area (Å²) in [5.74, 6) is -0.741. The minimum absolute atomic E-state index is 0.119. The highest BCUT2D eigenvalue weighted by Gasteiger charge is 2.34. The number of alkyl carbamates (subject to hydrolysis) is 1. The van der Waals surface area contributed by atoms with Crippen LogP contribution in [0.2, 0.25) is 5.02 Å². The van der Waals surface area contributed by atoms with Crippen LogP contribution in [-0.4, -0.2) is 29.3 Å². The predicted molar refractivity (Wildman–Crippen MR) is 99.2 cm³/mol. The molecule has 28 heavy (non-hydrogen) atoms. The SMILES string of the molecule is CC(C)(C)OC(=O)NC(Cc1ccc(C(F)(F)F)c(Cl)c1)C(=O)OC(C)(C)C. The molecule has 1 unspecified atom stereocenters. The molecule has 0 aromatic heterocycles.